The second-order valence-corrected chi connectivity index (χ2v) is 8.14. The average Bonchev–Trinajstić information content (AvgIpc) is 3.24. The Morgan fingerprint density at radius 1 is 1.27 bits per heavy atom. The number of halogens is 1. The number of rotatable bonds is 7. The first kappa shape index (κ1) is 19.4. The molecule has 5 nitrogen and oxygen atoms in total. The van der Waals surface area contributed by atoms with Gasteiger partial charge in [-0.3, -0.25) is 4.90 Å². The van der Waals surface area contributed by atoms with Gasteiger partial charge in [-0.1, -0.05) is 12.1 Å². The minimum Gasteiger partial charge on any atom is -0.329 e. The van der Waals surface area contributed by atoms with Crippen LogP contribution >= 0.6 is 12.4 Å². The fourth-order valence-corrected chi connectivity index (χ4v) is 3.61. The molecule has 0 aromatic heterocycles. The molecule has 0 amide bonds. The second-order valence-electron chi connectivity index (χ2n) is 5.99. The van der Waals surface area contributed by atoms with E-state index in [9.17, 15) is 8.42 Å². The predicted molar refractivity (Wildman–Crippen MR) is 91.6 cm³/mol. The van der Waals surface area contributed by atoms with Gasteiger partial charge in [0.05, 0.1) is 4.90 Å². The molecule has 2 N–H and O–H groups in total. The van der Waals surface area contributed by atoms with Crippen molar-refractivity contribution in [3.8, 4) is 0 Å². The van der Waals surface area contributed by atoms with Gasteiger partial charge in [0.1, 0.15) is 0 Å². The molecule has 126 valence electrons. The molecular formula is C15H26ClN3O2S. The van der Waals surface area contributed by atoms with Crippen LogP contribution in [0.2, 0.25) is 0 Å². The highest BCUT2D eigenvalue weighted by Crippen LogP contribution is 2.35. The van der Waals surface area contributed by atoms with E-state index in [2.05, 4.69) is 11.9 Å². The zero-order chi connectivity index (χ0) is 15.6. The van der Waals surface area contributed by atoms with E-state index < -0.39 is 10.0 Å². The standard InChI is InChI=1S/C15H25N3O2S.ClH/c1-17(2)21(19,20)14-6-4-5-12(9-14)11-18(3)15(10-16)13-7-8-13;/h4-6,9,13,15H,7-8,10-11,16H2,1-3H3;1H. The zero-order valence-electron chi connectivity index (χ0n) is 13.4. The third-order valence-corrected chi connectivity index (χ3v) is 5.89. The molecule has 1 aromatic rings. The Bertz CT molecular complexity index is 588. The number of nitrogens with zero attached hydrogens (tertiary/aromatic N) is 2. The summed E-state index contributed by atoms with van der Waals surface area (Å²) >= 11 is 0. The lowest BCUT2D eigenvalue weighted by Crippen LogP contribution is -2.39. The van der Waals surface area contributed by atoms with Gasteiger partial charge in [0, 0.05) is 33.2 Å². The van der Waals surface area contributed by atoms with Crippen LogP contribution in [0.4, 0.5) is 0 Å². The predicted octanol–water partition coefficient (Wildman–Crippen LogP) is 1.53. The largest absolute Gasteiger partial charge is 0.329 e. The van der Waals surface area contributed by atoms with Gasteiger partial charge in [0.25, 0.3) is 0 Å². The molecule has 1 aliphatic carbocycles. The van der Waals surface area contributed by atoms with Crippen molar-refractivity contribution >= 4 is 22.4 Å². The Labute approximate surface area is 139 Å². The first-order valence-corrected chi connectivity index (χ1v) is 8.72. The molecule has 0 saturated heterocycles. The van der Waals surface area contributed by atoms with E-state index in [1.54, 1.807) is 32.3 Å². The summed E-state index contributed by atoms with van der Waals surface area (Å²) in [6.45, 7) is 1.37. The third kappa shape index (κ3) is 4.43. The molecule has 0 radical (unpaired) electrons. The van der Waals surface area contributed by atoms with Gasteiger partial charge >= 0.3 is 0 Å². The van der Waals surface area contributed by atoms with Crippen molar-refractivity contribution in [1.82, 2.24) is 9.21 Å². The topological polar surface area (TPSA) is 66.6 Å². The summed E-state index contributed by atoms with van der Waals surface area (Å²) in [5.41, 5.74) is 6.86. The van der Waals surface area contributed by atoms with Crippen LogP contribution in [-0.4, -0.2) is 51.4 Å². The van der Waals surface area contributed by atoms with Crippen LogP contribution in [0.3, 0.4) is 0 Å². The summed E-state index contributed by atoms with van der Waals surface area (Å²) in [5, 5.41) is 0. The highest BCUT2D eigenvalue weighted by molar-refractivity contribution is 7.89. The minimum absolute atomic E-state index is 0. The maximum Gasteiger partial charge on any atom is 0.242 e. The van der Waals surface area contributed by atoms with Gasteiger partial charge in [-0.05, 0) is 43.5 Å². The van der Waals surface area contributed by atoms with Crippen LogP contribution in [-0.2, 0) is 16.6 Å². The molecule has 7 heteroatoms. The SMILES string of the molecule is CN(Cc1cccc(S(=O)(=O)N(C)C)c1)C(CN)C1CC1.Cl. The lowest BCUT2D eigenvalue weighted by molar-refractivity contribution is 0.215. The molecule has 2 rings (SSSR count). The van der Waals surface area contributed by atoms with Gasteiger partial charge in [-0.2, -0.15) is 0 Å². The molecule has 1 atom stereocenters. The zero-order valence-corrected chi connectivity index (χ0v) is 15.0. The molecule has 1 fully saturated rings. The van der Waals surface area contributed by atoms with E-state index in [0.717, 1.165) is 12.1 Å². The van der Waals surface area contributed by atoms with Gasteiger partial charge in [0.15, 0.2) is 0 Å². The number of hydrogen-bond donors (Lipinski definition) is 1. The summed E-state index contributed by atoms with van der Waals surface area (Å²) in [5.74, 6) is 0.702. The first-order chi connectivity index (χ1) is 9.86. The van der Waals surface area contributed by atoms with Gasteiger partial charge in [-0.15, -0.1) is 12.4 Å². The fourth-order valence-electron chi connectivity index (χ4n) is 2.63. The van der Waals surface area contributed by atoms with Gasteiger partial charge < -0.3 is 5.73 Å². The van der Waals surface area contributed by atoms with Crippen molar-refractivity contribution in [3.63, 3.8) is 0 Å². The molecule has 0 spiro atoms. The second kappa shape index (κ2) is 7.75. The lowest BCUT2D eigenvalue weighted by atomic mass is 10.1. The van der Waals surface area contributed by atoms with Crippen LogP contribution in [0.25, 0.3) is 0 Å². The Kier molecular flexibility index (Phi) is 6.83. The van der Waals surface area contributed by atoms with Crippen molar-refractivity contribution < 1.29 is 8.42 Å². The van der Waals surface area contributed by atoms with E-state index in [1.807, 2.05) is 6.07 Å². The van der Waals surface area contributed by atoms with E-state index in [0.29, 0.717) is 23.4 Å². The summed E-state index contributed by atoms with van der Waals surface area (Å²) < 4.78 is 25.6. The average molecular weight is 348 g/mol. The highest BCUT2D eigenvalue weighted by atomic mass is 35.5. The van der Waals surface area contributed by atoms with E-state index in [-0.39, 0.29) is 12.4 Å². The third-order valence-electron chi connectivity index (χ3n) is 4.08. The number of likely N-dealkylation sites (N-methyl/N-ethyl adjacent to an activating group) is 1. The number of nitrogens with two attached hydrogens (primary N) is 1. The number of hydrogen-bond acceptors (Lipinski definition) is 4. The normalized spacial score (nSPS) is 16.6. The van der Waals surface area contributed by atoms with Crippen LogP contribution in [0.1, 0.15) is 18.4 Å². The maximum atomic E-state index is 12.2. The number of sulfonamides is 1. The van der Waals surface area contributed by atoms with Crippen molar-refractivity contribution in [1.29, 1.82) is 0 Å². The molecule has 1 aliphatic rings. The molecule has 0 aliphatic heterocycles. The molecular weight excluding hydrogens is 322 g/mol. The van der Waals surface area contributed by atoms with Crippen LogP contribution < -0.4 is 5.73 Å². The fraction of sp³-hybridized carbons (Fsp3) is 0.600. The Balaban J connectivity index is 0.00000242. The van der Waals surface area contributed by atoms with Gasteiger partial charge in [-0.25, -0.2) is 12.7 Å². The lowest BCUT2D eigenvalue weighted by Gasteiger charge is -2.27. The summed E-state index contributed by atoms with van der Waals surface area (Å²) in [7, 11) is 1.78. The Morgan fingerprint density at radius 2 is 1.91 bits per heavy atom. The molecule has 1 saturated carbocycles. The van der Waals surface area contributed by atoms with E-state index in [1.165, 1.54) is 17.1 Å². The monoisotopic (exact) mass is 347 g/mol. The van der Waals surface area contributed by atoms with Crippen molar-refractivity contribution in [2.75, 3.05) is 27.7 Å². The number of benzene rings is 1. The Morgan fingerprint density at radius 3 is 2.41 bits per heavy atom. The quantitative estimate of drug-likeness (QED) is 0.812. The highest BCUT2D eigenvalue weighted by Gasteiger charge is 2.32. The van der Waals surface area contributed by atoms with Crippen LogP contribution in [0.5, 0.6) is 0 Å². The maximum absolute atomic E-state index is 12.2. The van der Waals surface area contributed by atoms with Gasteiger partial charge in [0.2, 0.25) is 10.0 Å². The summed E-state index contributed by atoms with van der Waals surface area (Å²) in [4.78, 5) is 2.58. The first-order valence-electron chi connectivity index (χ1n) is 7.28. The molecule has 1 unspecified atom stereocenters. The molecule has 0 bridgehead atoms. The van der Waals surface area contributed by atoms with Crippen molar-refractivity contribution in [2.45, 2.75) is 30.3 Å². The van der Waals surface area contributed by atoms with Crippen molar-refractivity contribution in [2.24, 2.45) is 11.7 Å². The summed E-state index contributed by atoms with van der Waals surface area (Å²) in [6.07, 6.45) is 2.50. The van der Waals surface area contributed by atoms with E-state index in [4.69, 9.17) is 5.73 Å². The van der Waals surface area contributed by atoms with Crippen LogP contribution in [0.15, 0.2) is 29.2 Å². The smallest absolute Gasteiger partial charge is 0.242 e. The summed E-state index contributed by atoms with van der Waals surface area (Å²) in [6, 6.07) is 7.55. The Hall–Kier alpha value is -0.660. The molecule has 22 heavy (non-hydrogen) atoms. The molecule has 1 aromatic carbocycles. The molecule has 0 heterocycles. The van der Waals surface area contributed by atoms with Crippen molar-refractivity contribution in [3.05, 3.63) is 29.8 Å². The minimum atomic E-state index is -3.37. The van der Waals surface area contributed by atoms with Crippen LogP contribution in [0, 0.1) is 5.92 Å². The van der Waals surface area contributed by atoms with E-state index >= 15 is 0 Å².